The lowest BCUT2D eigenvalue weighted by atomic mass is 9.98. The van der Waals surface area contributed by atoms with Gasteiger partial charge in [0.2, 0.25) is 23.2 Å². The zero-order valence-corrected chi connectivity index (χ0v) is 88.2. The monoisotopic (exact) mass is 1890 g/mol. The van der Waals surface area contributed by atoms with Crippen molar-refractivity contribution in [3.05, 3.63) is 331 Å². The highest BCUT2D eigenvalue weighted by atomic mass is 32.2. The molecule has 0 unspecified atom stereocenters. The number of aromatic nitrogens is 8. The van der Waals surface area contributed by atoms with Crippen molar-refractivity contribution in [1.82, 2.24) is 40.1 Å². The van der Waals surface area contributed by atoms with E-state index >= 15 is 0 Å². The summed E-state index contributed by atoms with van der Waals surface area (Å²) in [5.41, 5.74) is 13.3. The van der Waals surface area contributed by atoms with Crippen LogP contribution in [0.1, 0.15) is 297 Å². The van der Waals surface area contributed by atoms with Crippen LogP contribution < -0.4 is 18.9 Å². The van der Waals surface area contributed by atoms with Gasteiger partial charge in [0.15, 0.2) is 5.78 Å². The number of ketones is 4. The van der Waals surface area contributed by atoms with Crippen LogP contribution in [0.2, 0.25) is 0 Å². The molecule has 0 radical (unpaired) electrons. The lowest BCUT2D eigenvalue weighted by molar-refractivity contribution is 0.102. The van der Waals surface area contributed by atoms with Gasteiger partial charge in [0.05, 0.1) is 66.5 Å². The molecule has 0 saturated carbocycles. The maximum Gasteiger partial charge on any atom is 0.261 e. The van der Waals surface area contributed by atoms with Crippen LogP contribution in [0.3, 0.4) is 0 Å². The number of hydrogen-bond acceptors (Lipinski definition) is 20. The third kappa shape index (κ3) is 40.2. The van der Waals surface area contributed by atoms with Gasteiger partial charge in [0, 0.05) is 53.2 Å². The van der Waals surface area contributed by atoms with Crippen LogP contribution in [0.5, 0.6) is 0 Å². The minimum atomic E-state index is -3.84. The van der Waals surface area contributed by atoms with Crippen LogP contribution in [-0.4, -0.2) is 96.9 Å². The first-order chi connectivity index (χ1) is 63.1. The minimum Gasteiger partial charge on any atom is -0.288 e. The number of sulfonamides is 4. The average Bonchev–Trinajstić information content (AvgIpc) is 0.804. The fourth-order valence-corrected chi connectivity index (χ4v) is 14.6. The number of nitrogens with zero attached hydrogens (tertiary/aromatic N) is 8. The highest BCUT2D eigenvalue weighted by Gasteiger charge is 2.27. The van der Waals surface area contributed by atoms with Crippen molar-refractivity contribution in [2.45, 2.75) is 269 Å². The Hall–Kier alpha value is -12.2. The summed E-state index contributed by atoms with van der Waals surface area (Å²) < 4.78 is 112. The second kappa shape index (κ2) is 67.9. The van der Waals surface area contributed by atoms with Crippen LogP contribution in [0.25, 0.3) is 0 Å². The van der Waals surface area contributed by atoms with Gasteiger partial charge in [-0.15, -0.1) is 0 Å². The van der Waals surface area contributed by atoms with Crippen LogP contribution in [-0.2, 0) is 40.1 Å². The Morgan fingerprint density at radius 2 is 0.515 bits per heavy atom. The molecule has 8 aromatic carbocycles. The van der Waals surface area contributed by atoms with Crippen LogP contribution in [0, 0.1) is 83.1 Å². The van der Waals surface area contributed by atoms with E-state index in [0.29, 0.717) is 5.56 Å². The smallest absolute Gasteiger partial charge is 0.261 e. The van der Waals surface area contributed by atoms with Gasteiger partial charge in [-0.1, -0.05) is 237 Å². The average molecular weight is 1890 g/mol. The van der Waals surface area contributed by atoms with Crippen molar-refractivity contribution in [1.29, 1.82) is 0 Å². The lowest BCUT2D eigenvalue weighted by Gasteiger charge is -2.15. The quantitative estimate of drug-likeness (QED) is 0.0515. The Balaban J connectivity index is -0.000000766. The molecule has 0 saturated heterocycles. The standard InChI is InChI=1S/4C20H19N3O3S.12C2H6/c1-13-5-7-16(8-6-13)27(25,26)23-18-12-15(3)14(2)11-17(18)19(24)20-21-9-4-10-22-20;1-13-4-6-17(7-5-13)27(25,26)23-19-11-15(3)14(2)10-18(19)20(24)16-8-9-21-22-12-16;1-13-4-6-16(7-5-13)27(25,26)23-18-11-15(3)14(2)10-17(18)20(24)19-12-21-8-9-22-19;1-13-4-6-16(7-5-13)27(25,26)23-19-11-15(3)14(2)10-17(19)20(24)18-8-9-21-12-22-18;12*1-2/h4*4-12,23H,1-3H3;12*1-2H3. The molecule has 4 heterocycles. The molecule has 12 rings (SSSR count). The van der Waals surface area contributed by atoms with Gasteiger partial charge >= 0.3 is 0 Å². The van der Waals surface area contributed by atoms with E-state index < -0.39 is 51.7 Å². The SMILES string of the molecule is CC.CC.CC.CC.CC.CC.CC.CC.CC.CC.CC.CC.Cc1ccc(S(=O)(=O)Nc2cc(C)c(C)cc2C(=O)c2ccncn2)cc1.Cc1ccc(S(=O)(=O)Nc2cc(C)c(C)cc2C(=O)c2ccnnc2)cc1.Cc1ccc(S(=O)(=O)Nc2cc(C)c(C)cc2C(=O)c2cnccn2)cc1.Cc1ccc(S(=O)(=O)Nc2cc(C)c(C)cc2C(=O)c2ncccn2)cc1. The highest BCUT2D eigenvalue weighted by Crippen LogP contribution is 2.32. The molecule has 4 aromatic heterocycles. The number of benzene rings is 8. The molecule has 132 heavy (non-hydrogen) atoms. The molecule has 0 bridgehead atoms. The van der Waals surface area contributed by atoms with Crippen LogP contribution >= 0.6 is 0 Å². The number of nitrogens with one attached hydrogen (secondary N) is 4. The van der Waals surface area contributed by atoms with Crippen molar-refractivity contribution < 1.29 is 52.8 Å². The van der Waals surface area contributed by atoms with E-state index in [9.17, 15) is 52.8 Å². The van der Waals surface area contributed by atoms with Gasteiger partial charge in [-0.05, 0) is 243 Å². The minimum absolute atomic E-state index is 0.0107. The highest BCUT2D eigenvalue weighted by molar-refractivity contribution is 7.93. The van der Waals surface area contributed by atoms with Crippen molar-refractivity contribution in [3.8, 4) is 0 Å². The third-order valence-corrected chi connectivity index (χ3v) is 22.6. The van der Waals surface area contributed by atoms with Gasteiger partial charge < -0.3 is 0 Å². The Kier molecular flexibility index (Phi) is 64.8. The van der Waals surface area contributed by atoms with Gasteiger partial charge in [0.1, 0.15) is 17.7 Å². The zero-order chi connectivity index (χ0) is 102. The molecule has 4 N–H and O–H groups in total. The molecule has 0 aliphatic heterocycles. The molecule has 12 aromatic rings. The van der Waals surface area contributed by atoms with Gasteiger partial charge in [-0.2, -0.15) is 10.2 Å². The maximum atomic E-state index is 12.9. The van der Waals surface area contributed by atoms with E-state index in [4.69, 9.17) is 0 Å². The Morgan fingerprint density at radius 3 is 0.773 bits per heavy atom. The summed E-state index contributed by atoms with van der Waals surface area (Å²) in [7, 11) is -15.3. The van der Waals surface area contributed by atoms with E-state index in [0.717, 1.165) is 66.8 Å². The number of hydrogen-bond donors (Lipinski definition) is 4. The summed E-state index contributed by atoms with van der Waals surface area (Å²) in [5, 5.41) is 7.39. The van der Waals surface area contributed by atoms with E-state index in [2.05, 4.69) is 59.0 Å². The molecular weight excluding hydrogens is 1740 g/mol. The predicted octanol–water partition coefficient (Wildman–Crippen LogP) is 26.0. The van der Waals surface area contributed by atoms with Crippen molar-refractivity contribution in [2.24, 2.45) is 0 Å². The molecule has 0 spiro atoms. The first-order valence-electron chi connectivity index (χ1n) is 45.2. The molecule has 720 valence electrons. The normalized spacial score (nSPS) is 9.73. The van der Waals surface area contributed by atoms with Crippen molar-refractivity contribution in [3.63, 3.8) is 0 Å². The number of rotatable bonds is 20. The number of carbonyl (C=O) groups is 4. The lowest BCUT2D eigenvalue weighted by Crippen LogP contribution is -2.17. The molecule has 24 nitrogen and oxygen atoms in total. The number of carbonyl (C=O) groups excluding carboxylic acids is 4. The van der Waals surface area contributed by atoms with E-state index in [1.165, 1.54) is 110 Å². The Labute approximate surface area is 792 Å². The van der Waals surface area contributed by atoms with Crippen molar-refractivity contribution in [2.75, 3.05) is 18.9 Å². The topological polar surface area (TPSA) is 356 Å². The summed E-state index contributed by atoms with van der Waals surface area (Å²) in [6.45, 7) is 70.4. The van der Waals surface area contributed by atoms with Crippen LogP contribution in [0.15, 0.2) is 239 Å². The second-order valence-electron chi connectivity index (χ2n) is 25.3. The Morgan fingerprint density at radius 1 is 0.242 bits per heavy atom. The van der Waals surface area contributed by atoms with E-state index in [-0.39, 0.29) is 93.4 Å². The molecular formula is C104H148N12O12S4. The molecule has 0 fully saturated rings. The summed E-state index contributed by atoms with van der Waals surface area (Å²) in [6, 6.07) is 44.0. The molecule has 28 heteroatoms. The molecule has 0 atom stereocenters. The molecule has 0 aliphatic rings. The summed E-state index contributed by atoms with van der Waals surface area (Å²) in [4.78, 5) is 75.6. The number of anilines is 4. The number of aryl methyl sites for hydroxylation is 12. The Bertz CT molecular complexity index is 5100. The largest absolute Gasteiger partial charge is 0.288 e. The van der Waals surface area contributed by atoms with E-state index in [1.54, 1.807) is 109 Å². The maximum absolute atomic E-state index is 12.9. The van der Waals surface area contributed by atoms with Crippen LogP contribution in [0.4, 0.5) is 22.7 Å². The fourth-order valence-electron chi connectivity index (χ4n) is 10.3. The first kappa shape index (κ1) is 126. The van der Waals surface area contributed by atoms with E-state index in [1.807, 2.05) is 249 Å². The summed E-state index contributed by atoms with van der Waals surface area (Å²) >= 11 is 0. The van der Waals surface area contributed by atoms with Crippen molar-refractivity contribution >= 4 is 86.0 Å². The summed E-state index contributed by atoms with van der Waals surface area (Å²) in [5.74, 6) is -1.53. The molecule has 0 amide bonds. The third-order valence-electron chi connectivity index (χ3n) is 17.0. The molecule has 0 aliphatic carbocycles. The fraction of sp³-hybridized carbons (Fsp3) is 0.346. The van der Waals surface area contributed by atoms with Gasteiger partial charge in [0.25, 0.3) is 40.1 Å². The first-order valence-corrected chi connectivity index (χ1v) is 51.1. The van der Waals surface area contributed by atoms with Gasteiger partial charge in [-0.25, -0.2) is 58.6 Å². The zero-order valence-electron chi connectivity index (χ0n) is 84.9. The van der Waals surface area contributed by atoms with Gasteiger partial charge in [-0.3, -0.25) is 43.1 Å². The predicted molar refractivity (Wildman–Crippen MR) is 550 cm³/mol. The second-order valence-corrected chi connectivity index (χ2v) is 32.0. The summed E-state index contributed by atoms with van der Waals surface area (Å²) in [6.07, 6.45) is 12.7.